The van der Waals surface area contributed by atoms with Crippen LogP contribution in [0.15, 0.2) is 73.1 Å². The third-order valence-electron chi connectivity index (χ3n) is 6.32. The lowest BCUT2D eigenvalue weighted by molar-refractivity contribution is -0.130. The van der Waals surface area contributed by atoms with E-state index >= 15 is 0 Å². The van der Waals surface area contributed by atoms with Gasteiger partial charge in [-0.2, -0.15) is 0 Å². The standard InChI is InChI=1S/C27H29N3O3/c1-2-33-24-13-6-5-12-23(24)25(31)30-16-8-14-27(19-30,26(28)32)17-20-9-3-4-11-22(20)21-10-7-15-29-18-21/h3-7,9-13,15,18H,2,8,14,16-17,19H2,1H3,(H2,28,32). The number of nitrogens with two attached hydrogens (primary N) is 1. The first kappa shape index (κ1) is 22.5. The Balaban J connectivity index is 1.64. The van der Waals surface area contributed by atoms with E-state index in [1.807, 2.05) is 61.7 Å². The number of hydrogen-bond acceptors (Lipinski definition) is 4. The fraction of sp³-hybridized carbons (Fsp3) is 0.296. The number of carbonyl (C=O) groups excluding carboxylic acids is 2. The Bertz CT molecular complexity index is 1130. The number of aromatic nitrogens is 1. The van der Waals surface area contributed by atoms with Gasteiger partial charge < -0.3 is 15.4 Å². The highest BCUT2D eigenvalue weighted by molar-refractivity contribution is 5.97. The van der Waals surface area contributed by atoms with E-state index in [0.29, 0.717) is 43.7 Å². The Kier molecular flexibility index (Phi) is 6.73. The number of ether oxygens (including phenoxy) is 1. The maximum absolute atomic E-state index is 13.4. The molecule has 1 aliphatic rings. The van der Waals surface area contributed by atoms with E-state index in [-0.39, 0.29) is 18.4 Å². The normalized spacial score (nSPS) is 18.0. The molecule has 170 valence electrons. The van der Waals surface area contributed by atoms with E-state index in [0.717, 1.165) is 16.7 Å². The molecule has 1 fully saturated rings. The van der Waals surface area contributed by atoms with Gasteiger partial charge in [0.05, 0.1) is 17.6 Å². The van der Waals surface area contributed by atoms with Crippen LogP contribution in [0.2, 0.25) is 0 Å². The zero-order valence-electron chi connectivity index (χ0n) is 18.9. The Hall–Kier alpha value is -3.67. The largest absolute Gasteiger partial charge is 0.493 e. The average Bonchev–Trinajstić information content (AvgIpc) is 2.85. The van der Waals surface area contributed by atoms with E-state index in [9.17, 15) is 9.59 Å². The molecule has 1 saturated heterocycles. The lowest BCUT2D eigenvalue weighted by Gasteiger charge is -2.41. The van der Waals surface area contributed by atoms with Crippen LogP contribution in [0.5, 0.6) is 5.75 Å². The van der Waals surface area contributed by atoms with Crippen molar-refractivity contribution in [1.29, 1.82) is 0 Å². The zero-order valence-corrected chi connectivity index (χ0v) is 18.9. The van der Waals surface area contributed by atoms with Crippen LogP contribution in [0.3, 0.4) is 0 Å². The number of nitrogens with zero attached hydrogens (tertiary/aromatic N) is 2. The van der Waals surface area contributed by atoms with E-state index in [1.165, 1.54) is 0 Å². The maximum atomic E-state index is 13.4. The Morgan fingerprint density at radius 3 is 2.64 bits per heavy atom. The number of pyridine rings is 1. The van der Waals surface area contributed by atoms with Crippen molar-refractivity contribution in [2.24, 2.45) is 11.1 Å². The van der Waals surface area contributed by atoms with Crippen molar-refractivity contribution in [2.45, 2.75) is 26.2 Å². The summed E-state index contributed by atoms with van der Waals surface area (Å²) in [5, 5.41) is 0. The topological polar surface area (TPSA) is 85.5 Å². The van der Waals surface area contributed by atoms with Gasteiger partial charge in [0, 0.05) is 31.0 Å². The molecule has 6 nitrogen and oxygen atoms in total. The van der Waals surface area contributed by atoms with Gasteiger partial charge in [-0.05, 0) is 55.5 Å². The van der Waals surface area contributed by atoms with Gasteiger partial charge in [0.15, 0.2) is 0 Å². The zero-order chi connectivity index (χ0) is 23.3. The monoisotopic (exact) mass is 443 g/mol. The number of para-hydroxylation sites is 1. The molecule has 3 aromatic rings. The summed E-state index contributed by atoms with van der Waals surface area (Å²) >= 11 is 0. The molecule has 2 aromatic carbocycles. The first-order valence-electron chi connectivity index (χ1n) is 11.3. The summed E-state index contributed by atoms with van der Waals surface area (Å²) in [7, 11) is 0. The average molecular weight is 444 g/mol. The molecule has 6 heteroatoms. The summed E-state index contributed by atoms with van der Waals surface area (Å²) in [4.78, 5) is 32.3. The van der Waals surface area contributed by atoms with Gasteiger partial charge in [0.2, 0.25) is 5.91 Å². The van der Waals surface area contributed by atoms with Crippen molar-refractivity contribution < 1.29 is 14.3 Å². The van der Waals surface area contributed by atoms with Crippen LogP contribution in [0, 0.1) is 5.41 Å². The highest BCUT2D eigenvalue weighted by Gasteiger charge is 2.43. The van der Waals surface area contributed by atoms with Crippen LogP contribution < -0.4 is 10.5 Å². The van der Waals surface area contributed by atoms with Gasteiger partial charge in [-0.25, -0.2) is 0 Å². The van der Waals surface area contributed by atoms with Crippen molar-refractivity contribution in [2.75, 3.05) is 19.7 Å². The Morgan fingerprint density at radius 2 is 1.88 bits per heavy atom. The molecule has 0 aliphatic carbocycles. The van der Waals surface area contributed by atoms with Crippen molar-refractivity contribution in [3.8, 4) is 16.9 Å². The number of amides is 2. The number of primary amides is 1. The molecule has 2 N–H and O–H groups in total. The SMILES string of the molecule is CCOc1ccccc1C(=O)N1CCCC(Cc2ccccc2-c2cccnc2)(C(N)=O)C1. The second kappa shape index (κ2) is 9.86. The highest BCUT2D eigenvalue weighted by atomic mass is 16.5. The molecular weight excluding hydrogens is 414 g/mol. The van der Waals surface area contributed by atoms with Crippen LogP contribution in [-0.2, 0) is 11.2 Å². The Labute approximate surface area is 194 Å². The van der Waals surface area contributed by atoms with Crippen LogP contribution in [0.4, 0.5) is 0 Å². The quantitative estimate of drug-likeness (QED) is 0.596. The molecule has 33 heavy (non-hydrogen) atoms. The summed E-state index contributed by atoms with van der Waals surface area (Å²) in [5.41, 5.74) is 8.71. The molecule has 4 rings (SSSR count). The summed E-state index contributed by atoms with van der Waals surface area (Å²) < 4.78 is 5.66. The predicted octanol–water partition coefficient (Wildman–Crippen LogP) is 4.10. The molecule has 0 radical (unpaired) electrons. The number of benzene rings is 2. The Morgan fingerprint density at radius 1 is 1.09 bits per heavy atom. The van der Waals surface area contributed by atoms with Crippen LogP contribution in [0.25, 0.3) is 11.1 Å². The fourth-order valence-electron chi connectivity index (χ4n) is 4.68. The predicted molar refractivity (Wildman–Crippen MR) is 128 cm³/mol. The van der Waals surface area contributed by atoms with E-state index in [4.69, 9.17) is 10.5 Å². The number of likely N-dealkylation sites (tertiary alicyclic amines) is 1. The lowest BCUT2D eigenvalue weighted by Crippen LogP contribution is -2.53. The third kappa shape index (κ3) is 4.75. The van der Waals surface area contributed by atoms with Gasteiger partial charge >= 0.3 is 0 Å². The molecular formula is C27H29N3O3. The van der Waals surface area contributed by atoms with Crippen molar-refractivity contribution >= 4 is 11.8 Å². The number of rotatable bonds is 7. The first-order valence-corrected chi connectivity index (χ1v) is 11.3. The van der Waals surface area contributed by atoms with Crippen molar-refractivity contribution in [3.63, 3.8) is 0 Å². The highest BCUT2D eigenvalue weighted by Crippen LogP contribution is 2.37. The third-order valence-corrected chi connectivity index (χ3v) is 6.32. The van der Waals surface area contributed by atoms with Gasteiger partial charge in [0.1, 0.15) is 5.75 Å². The van der Waals surface area contributed by atoms with Gasteiger partial charge in [0.25, 0.3) is 5.91 Å². The van der Waals surface area contributed by atoms with E-state index in [2.05, 4.69) is 4.98 Å². The number of carbonyl (C=O) groups is 2. The molecule has 1 unspecified atom stereocenters. The number of hydrogen-bond donors (Lipinski definition) is 1. The van der Waals surface area contributed by atoms with Crippen molar-refractivity contribution in [1.82, 2.24) is 9.88 Å². The molecule has 2 heterocycles. The molecule has 1 aromatic heterocycles. The fourth-order valence-corrected chi connectivity index (χ4v) is 4.68. The molecule has 0 spiro atoms. The van der Waals surface area contributed by atoms with Crippen LogP contribution >= 0.6 is 0 Å². The molecule has 0 saturated carbocycles. The summed E-state index contributed by atoms with van der Waals surface area (Å²) in [5.74, 6) is 0.0474. The first-order chi connectivity index (χ1) is 16.0. The molecule has 1 aliphatic heterocycles. The maximum Gasteiger partial charge on any atom is 0.257 e. The second-order valence-corrected chi connectivity index (χ2v) is 8.48. The van der Waals surface area contributed by atoms with Gasteiger partial charge in [-0.15, -0.1) is 0 Å². The van der Waals surface area contributed by atoms with Gasteiger partial charge in [-0.3, -0.25) is 14.6 Å². The van der Waals surface area contributed by atoms with Crippen LogP contribution in [0.1, 0.15) is 35.7 Å². The smallest absolute Gasteiger partial charge is 0.257 e. The van der Waals surface area contributed by atoms with Crippen LogP contribution in [-0.4, -0.2) is 41.4 Å². The minimum absolute atomic E-state index is 0.134. The number of piperidine rings is 1. The van der Waals surface area contributed by atoms with E-state index in [1.54, 1.807) is 23.2 Å². The van der Waals surface area contributed by atoms with E-state index < -0.39 is 5.41 Å². The summed E-state index contributed by atoms with van der Waals surface area (Å²) in [6, 6.07) is 19.1. The molecule has 1 atom stereocenters. The second-order valence-electron chi connectivity index (χ2n) is 8.48. The minimum Gasteiger partial charge on any atom is -0.493 e. The van der Waals surface area contributed by atoms with Gasteiger partial charge in [-0.1, -0.05) is 42.5 Å². The molecule has 0 bridgehead atoms. The lowest BCUT2D eigenvalue weighted by atomic mass is 9.73. The molecule has 2 amide bonds. The summed E-state index contributed by atoms with van der Waals surface area (Å²) in [6.45, 7) is 3.22. The van der Waals surface area contributed by atoms with Crippen molar-refractivity contribution in [3.05, 3.63) is 84.2 Å². The summed E-state index contributed by atoms with van der Waals surface area (Å²) in [6.07, 6.45) is 5.37. The minimum atomic E-state index is -0.840.